The largest absolute Gasteiger partial charge is 0.384 e. The van der Waals surface area contributed by atoms with Crippen LogP contribution in [0.2, 0.25) is 0 Å². The number of halogens is 1. The number of primary sulfonamides is 1. The van der Waals surface area contributed by atoms with Crippen molar-refractivity contribution < 1.29 is 8.42 Å². The molecule has 0 aliphatic heterocycles. The number of sulfonamides is 1. The van der Waals surface area contributed by atoms with Gasteiger partial charge in [0.2, 0.25) is 16.0 Å². The van der Waals surface area contributed by atoms with Crippen molar-refractivity contribution in [2.45, 2.75) is 18.2 Å². The minimum Gasteiger partial charge on any atom is -0.384 e. The number of nitrogen functional groups attached to an aromatic ring is 1. The van der Waals surface area contributed by atoms with Crippen LogP contribution < -0.4 is 16.2 Å². The summed E-state index contributed by atoms with van der Waals surface area (Å²) in [5, 5.41) is 8.12. The fraction of sp³-hybridized carbons (Fsp3) is 0.231. The Kier molecular flexibility index (Phi) is 6.10. The number of rotatable bonds is 5. The van der Waals surface area contributed by atoms with Gasteiger partial charge in [-0.15, -0.1) is 12.4 Å². The van der Waals surface area contributed by atoms with E-state index >= 15 is 0 Å². The average Bonchev–Trinajstić information content (AvgIpc) is 2.37. The van der Waals surface area contributed by atoms with Crippen molar-refractivity contribution in [1.29, 1.82) is 0 Å². The smallest absolute Gasteiger partial charge is 0.238 e. The minimum atomic E-state index is -3.64. The van der Waals surface area contributed by atoms with E-state index in [0.717, 1.165) is 11.3 Å². The number of nitrogens with two attached hydrogens (primary N) is 2. The van der Waals surface area contributed by atoms with Crippen molar-refractivity contribution in [3.8, 4) is 0 Å². The van der Waals surface area contributed by atoms with Crippen LogP contribution in [-0.2, 0) is 16.4 Å². The number of aromatic nitrogens is 2. The molecular formula is C13H18ClN5O2S. The summed E-state index contributed by atoms with van der Waals surface area (Å²) in [6.07, 6.45) is 0.697. The van der Waals surface area contributed by atoms with Gasteiger partial charge in [0.05, 0.1) is 4.90 Å². The number of nitrogens with one attached hydrogen (secondary N) is 1. The van der Waals surface area contributed by atoms with Crippen LogP contribution in [0.1, 0.15) is 11.3 Å². The molecule has 1 aromatic heterocycles. The normalized spacial score (nSPS) is 10.8. The van der Waals surface area contributed by atoms with Gasteiger partial charge in [0, 0.05) is 18.3 Å². The maximum absolute atomic E-state index is 11.1. The lowest BCUT2D eigenvalue weighted by molar-refractivity contribution is 0.598. The van der Waals surface area contributed by atoms with Gasteiger partial charge in [0.15, 0.2) is 0 Å². The second-order valence-electron chi connectivity index (χ2n) is 4.62. The van der Waals surface area contributed by atoms with Crippen molar-refractivity contribution in [3.63, 3.8) is 0 Å². The van der Waals surface area contributed by atoms with Crippen LogP contribution in [0.3, 0.4) is 0 Å². The van der Waals surface area contributed by atoms with Crippen LogP contribution in [0.25, 0.3) is 0 Å². The molecule has 0 unspecified atom stereocenters. The SMILES string of the molecule is Cc1cc(N)nc(NCCc2ccc(S(N)(=O)=O)cc2)n1.Cl. The molecule has 0 aliphatic rings. The molecule has 0 bridgehead atoms. The Morgan fingerprint density at radius 1 is 1.18 bits per heavy atom. The molecule has 0 amide bonds. The van der Waals surface area contributed by atoms with E-state index < -0.39 is 10.0 Å². The van der Waals surface area contributed by atoms with Gasteiger partial charge in [-0.25, -0.2) is 18.5 Å². The maximum Gasteiger partial charge on any atom is 0.238 e. The number of nitrogens with zero attached hydrogens (tertiary/aromatic N) is 2. The monoisotopic (exact) mass is 343 g/mol. The first-order valence-electron chi connectivity index (χ1n) is 6.31. The van der Waals surface area contributed by atoms with Crippen LogP contribution in [-0.4, -0.2) is 24.9 Å². The number of hydrogen-bond acceptors (Lipinski definition) is 6. The summed E-state index contributed by atoms with van der Waals surface area (Å²) in [7, 11) is -3.64. The van der Waals surface area contributed by atoms with E-state index in [1.54, 1.807) is 18.2 Å². The van der Waals surface area contributed by atoms with E-state index in [4.69, 9.17) is 10.9 Å². The van der Waals surface area contributed by atoms with Crippen molar-refractivity contribution in [2.24, 2.45) is 5.14 Å². The molecule has 7 nitrogen and oxygen atoms in total. The van der Waals surface area contributed by atoms with Gasteiger partial charge < -0.3 is 11.1 Å². The molecule has 1 aromatic carbocycles. The second kappa shape index (κ2) is 7.39. The Hall–Kier alpha value is -1.90. The molecular weight excluding hydrogens is 326 g/mol. The van der Waals surface area contributed by atoms with Crippen molar-refractivity contribution >= 4 is 34.2 Å². The lowest BCUT2D eigenvalue weighted by Gasteiger charge is -2.07. The summed E-state index contributed by atoms with van der Waals surface area (Å²) in [5.41, 5.74) is 7.42. The first-order valence-corrected chi connectivity index (χ1v) is 7.86. The topological polar surface area (TPSA) is 124 Å². The van der Waals surface area contributed by atoms with Gasteiger partial charge >= 0.3 is 0 Å². The van der Waals surface area contributed by atoms with Gasteiger partial charge in [-0.1, -0.05) is 12.1 Å². The molecule has 2 rings (SSSR count). The molecule has 0 atom stereocenters. The predicted molar refractivity (Wildman–Crippen MR) is 88.4 cm³/mol. The van der Waals surface area contributed by atoms with E-state index in [9.17, 15) is 8.42 Å². The quantitative estimate of drug-likeness (QED) is 0.746. The summed E-state index contributed by atoms with van der Waals surface area (Å²) in [4.78, 5) is 8.39. The molecule has 1 heterocycles. The number of benzene rings is 1. The zero-order valence-corrected chi connectivity index (χ0v) is 13.6. The second-order valence-corrected chi connectivity index (χ2v) is 6.18. The van der Waals surface area contributed by atoms with E-state index in [0.29, 0.717) is 24.7 Å². The molecule has 5 N–H and O–H groups in total. The molecule has 0 aliphatic carbocycles. The van der Waals surface area contributed by atoms with Crippen LogP contribution in [0.5, 0.6) is 0 Å². The van der Waals surface area contributed by atoms with Crippen LogP contribution >= 0.6 is 12.4 Å². The predicted octanol–water partition coefficient (Wildman–Crippen LogP) is 1.09. The van der Waals surface area contributed by atoms with Gasteiger partial charge in [-0.05, 0) is 31.0 Å². The molecule has 0 saturated heterocycles. The molecule has 0 spiro atoms. The highest BCUT2D eigenvalue weighted by Crippen LogP contribution is 2.10. The Morgan fingerprint density at radius 3 is 2.36 bits per heavy atom. The highest BCUT2D eigenvalue weighted by molar-refractivity contribution is 7.89. The maximum atomic E-state index is 11.1. The minimum absolute atomic E-state index is 0. The Balaban J connectivity index is 0.00000242. The highest BCUT2D eigenvalue weighted by atomic mass is 35.5. The van der Waals surface area contributed by atoms with Gasteiger partial charge in [-0.2, -0.15) is 4.98 Å². The molecule has 0 fully saturated rings. The van der Waals surface area contributed by atoms with E-state index in [1.165, 1.54) is 12.1 Å². The van der Waals surface area contributed by atoms with Crippen LogP contribution in [0.4, 0.5) is 11.8 Å². The van der Waals surface area contributed by atoms with Crippen molar-refractivity contribution in [2.75, 3.05) is 17.6 Å². The van der Waals surface area contributed by atoms with Crippen molar-refractivity contribution in [3.05, 3.63) is 41.6 Å². The third-order valence-electron chi connectivity index (χ3n) is 2.82. The Morgan fingerprint density at radius 2 is 1.82 bits per heavy atom. The molecule has 0 radical (unpaired) electrons. The zero-order valence-electron chi connectivity index (χ0n) is 12.0. The molecule has 2 aromatic rings. The molecule has 9 heteroatoms. The number of aryl methyl sites for hydroxylation is 1. The van der Waals surface area contributed by atoms with Crippen LogP contribution in [0.15, 0.2) is 35.2 Å². The lowest BCUT2D eigenvalue weighted by Crippen LogP contribution is -2.12. The Labute approximate surface area is 135 Å². The number of anilines is 2. The molecule has 22 heavy (non-hydrogen) atoms. The third-order valence-corrected chi connectivity index (χ3v) is 3.75. The van der Waals surface area contributed by atoms with Crippen molar-refractivity contribution in [1.82, 2.24) is 9.97 Å². The summed E-state index contributed by atoms with van der Waals surface area (Å²) in [5.74, 6) is 0.899. The summed E-state index contributed by atoms with van der Waals surface area (Å²) >= 11 is 0. The van der Waals surface area contributed by atoms with Gasteiger partial charge in [0.25, 0.3) is 0 Å². The standard InChI is InChI=1S/C13H17N5O2S.ClH/c1-9-8-12(14)18-13(17-9)16-7-6-10-2-4-11(5-3-10)21(15,19)20;/h2-5,8H,6-7H2,1H3,(H2,15,19,20)(H3,14,16,17,18);1H. The zero-order chi connectivity index (χ0) is 15.5. The average molecular weight is 344 g/mol. The third kappa shape index (κ3) is 5.14. The fourth-order valence-electron chi connectivity index (χ4n) is 1.84. The number of hydrogen-bond donors (Lipinski definition) is 3. The highest BCUT2D eigenvalue weighted by Gasteiger charge is 2.06. The Bertz CT molecular complexity index is 714. The van der Waals surface area contributed by atoms with Gasteiger partial charge in [0.1, 0.15) is 5.82 Å². The molecule has 0 saturated carbocycles. The summed E-state index contributed by atoms with van der Waals surface area (Å²) in [6, 6.07) is 8.13. The van der Waals surface area contributed by atoms with E-state index in [2.05, 4.69) is 15.3 Å². The lowest BCUT2D eigenvalue weighted by atomic mass is 10.1. The van der Waals surface area contributed by atoms with E-state index in [1.807, 2.05) is 6.92 Å². The first kappa shape index (κ1) is 18.1. The van der Waals surface area contributed by atoms with Gasteiger partial charge in [-0.3, -0.25) is 0 Å². The summed E-state index contributed by atoms with van der Waals surface area (Å²) < 4.78 is 22.3. The fourth-order valence-corrected chi connectivity index (χ4v) is 2.35. The van der Waals surface area contributed by atoms with Crippen LogP contribution in [0, 0.1) is 6.92 Å². The first-order chi connectivity index (χ1) is 9.84. The van der Waals surface area contributed by atoms with E-state index in [-0.39, 0.29) is 17.3 Å². The molecule has 120 valence electrons. The summed E-state index contributed by atoms with van der Waals surface area (Å²) in [6.45, 7) is 2.45.